The van der Waals surface area contributed by atoms with Crippen LogP contribution in [0.4, 0.5) is 4.39 Å². The fourth-order valence-corrected chi connectivity index (χ4v) is 2.25. The maximum Gasteiger partial charge on any atom is 0.495 e. The van der Waals surface area contributed by atoms with Gasteiger partial charge in [-0.05, 0) is 53.3 Å². The van der Waals surface area contributed by atoms with Crippen molar-refractivity contribution in [3.8, 4) is 0 Å². The minimum Gasteiger partial charge on any atom is -0.399 e. The van der Waals surface area contributed by atoms with Gasteiger partial charge in [0.25, 0.3) is 0 Å². The van der Waals surface area contributed by atoms with Crippen LogP contribution in [0.2, 0.25) is 0 Å². The Kier molecular flexibility index (Phi) is 3.97. The molecule has 1 aromatic rings. The maximum atomic E-state index is 14.1. The van der Waals surface area contributed by atoms with Crippen molar-refractivity contribution < 1.29 is 13.7 Å². The lowest BCUT2D eigenvalue weighted by atomic mass is 9.75. The van der Waals surface area contributed by atoms with Crippen molar-refractivity contribution in [2.75, 3.05) is 14.1 Å². The van der Waals surface area contributed by atoms with Gasteiger partial charge in [0.2, 0.25) is 0 Å². The summed E-state index contributed by atoms with van der Waals surface area (Å²) in [6, 6.07) is 5.06. The SMILES string of the molecule is CN(C)Cc1c(F)cccc1B1OC(C)(C)C(C)(C)O1. The topological polar surface area (TPSA) is 21.7 Å². The Morgan fingerprint density at radius 2 is 1.65 bits per heavy atom. The molecule has 0 aliphatic carbocycles. The second kappa shape index (κ2) is 5.13. The van der Waals surface area contributed by atoms with Gasteiger partial charge in [0.1, 0.15) is 5.82 Å². The normalized spacial score (nSPS) is 20.7. The molecule has 2 rings (SSSR count). The van der Waals surface area contributed by atoms with E-state index in [0.717, 1.165) is 5.46 Å². The average molecular weight is 279 g/mol. The van der Waals surface area contributed by atoms with Crippen molar-refractivity contribution in [3.63, 3.8) is 0 Å². The van der Waals surface area contributed by atoms with Crippen LogP contribution in [0.1, 0.15) is 33.3 Å². The van der Waals surface area contributed by atoms with Crippen LogP contribution in [-0.4, -0.2) is 37.3 Å². The number of halogens is 1. The quantitative estimate of drug-likeness (QED) is 0.792. The first-order valence-electron chi connectivity index (χ1n) is 6.92. The summed E-state index contributed by atoms with van der Waals surface area (Å²) in [7, 11) is 3.31. The first kappa shape index (κ1) is 15.5. The molecule has 0 aromatic heterocycles. The highest BCUT2D eigenvalue weighted by Gasteiger charge is 2.52. The van der Waals surface area contributed by atoms with E-state index in [9.17, 15) is 4.39 Å². The third-order valence-corrected chi connectivity index (χ3v) is 4.14. The molecule has 0 saturated carbocycles. The summed E-state index contributed by atoms with van der Waals surface area (Å²) in [5.41, 5.74) is 0.576. The molecule has 0 bridgehead atoms. The van der Waals surface area contributed by atoms with E-state index in [2.05, 4.69) is 0 Å². The fourth-order valence-electron chi connectivity index (χ4n) is 2.25. The number of hydrogen-bond acceptors (Lipinski definition) is 3. The Morgan fingerprint density at radius 3 is 2.15 bits per heavy atom. The largest absolute Gasteiger partial charge is 0.495 e. The highest BCUT2D eigenvalue weighted by atomic mass is 19.1. The van der Waals surface area contributed by atoms with Gasteiger partial charge in [-0.1, -0.05) is 12.1 Å². The molecule has 1 fully saturated rings. The highest BCUT2D eigenvalue weighted by Crippen LogP contribution is 2.36. The zero-order chi connectivity index (χ0) is 15.1. The van der Waals surface area contributed by atoms with Crippen molar-refractivity contribution >= 4 is 12.6 Å². The minimum atomic E-state index is -0.523. The Bertz CT molecular complexity index is 487. The molecule has 1 aliphatic rings. The molecule has 110 valence electrons. The van der Waals surface area contributed by atoms with Crippen molar-refractivity contribution in [1.82, 2.24) is 4.90 Å². The third kappa shape index (κ3) is 2.75. The van der Waals surface area contributed by atoms with Crippen LogP contribution >= 0.6 is 0 Å². The van der Waals surface area contributed by atoms with E-state index in [-0.39, 0.29) is 5.82 Å². The van der Waals surface area contributed by atoms with E-state index in [1.165, 1.54) is 6.07 Å². The van der Waals surface area contributed by atoms with Crippen molar-refractivity contribution in [2.24, 2.45) is 0 Å². The van der Waals surface area contributed by atoms with E-state index in [1.807, 2.05) is 52.8 Å². The molecule has 0 radical (unpaired) electrons. The maximum absolute atomic E-state index is 14.1. The van der Waals surface area contributed by atoms with Crippen molar-refractivity contribution in [2.45, 2.75) is 45.4 Å². The van der Waals surface area contributed by atoms with Crippen molar-refractivity contribution in [1.29, 1.82) is 0 Å². The van der Waals surface area contributed by atoms with Crippen LogP contribution in [0.5, 0.6) is 0 Å². The van der Waals surface area contributed by atoms with Gasteiger partial charge in [-0.3, -0.25) is 0 Å². The molecule has 0 atom stereocenters. The first-order chi connectivity index (χ1) is 9.14. The summed E-state index contributed by atoms with van der Waals surface area (Å²) in [4.78, 5) is 1.94. The average Bonchev–Trinajstić information content (AvgIpc) is 2.50. The zero-order valence-corrected chi connectivity index (χ0v) is 13.2. The van der Waals surface area contributed by atoms with E-state index >= 15 is 0 Å². The second-order valence-corrected chi connectivity index (χ2v) is 6.63. The summed E-state index contributed by atoms with van der Waals surface area (Å²) in [5.74, 6) is -0.217. The van der Waals surface area contributed by atoms with Gasteiger partial charge < -0.3 is 14.2 Å². The molecule has 0 unspecified atom stereocenters. The molecule has 1 aliphatic heterocycles. The van der Waals surface area contributed by atoms with E-state index in [1.54, 1.807) is 6.07 Å². The van der Waals surface area contributed by atoms with Gasteiger partial charge in [-0.15, -0.1) is 0 Å². The van der Waals surface area contributed by atoms with Crippen LogP contribution in [0, 0.1) is 5.82 Å². The van der Waals surface area contributed by atoms with Crippen LogP contribution < -0.4 is 5.46 Å². The molecule has 20 heavy (non-hydrogen) atoms. The summed E-state index contributed by atoms with van der Waals surface area (Å²) < 4.78 is 26.2. The summed E-state index contributed by atoms with van der Waals surface area (Å²) in [6.45, 7) is 8.51. The smallest absolute Gasteiger partial charge is 0.399 e. The van der Waals surface area contributed by atoms with Gasteiger partial charge in [-0.25, -0.2) is 4.39 Å². The van der Waals surface area contributed by atoms with E-state index in [0.29, 0.717) is 12.1 Å². The number of hydrogen-bond donors (Lipinski definition) is 0. The third-order valence-electron chi connectivity index (χ3n) is 4.14. The Hall–Kier alpha value is -0.905. The lowest BCUT2D eigenvalue weighted by Gasteiger charge is -2.32. The molecule has 0 spiro atoms. The highest BCUT2D eigenvalue weighted by molar-refractivity contribution is 6.62. The van der Waals surface area contributed by atoms with E-state index < -0.39 is 18.3 Å². The van der Waals surface area contributed by atoms with Gasteiger partial charge in [-0.2, -0.15) is 0 Å². The Balaban J connectivity index is 2.37. The predicted molar refractivity (Wildman–Crippen MR) is 79.5 cm³/mol. The number of nitrogens with zero attached hydrogens (tertiary/aromatic N) is 1. The minimum absolute atomic E-state index is 0.217. The molecule has 1 heterocycles. The van der Waals surface area contributed by atoms with Gasteiger partial charge >= 0.3 is 7.12 Å². The summed E-state index contributed by atoms with van der Waals surface area (Å²) in [6.07, 6.45) is 0. The lowest BCUT2D eigenvalue weighted by Crippen LogP contribution is -2.41. The molecule has 1 saturated heterocycles. The Morgan fingerprint density at radius 1 is 1.10 bits per heavy atom. The van der Waals surface area contributed by atoms with Crippen LogP contribution in [0.3, 0.4) is 0 Å². The zero-order valence-electron chi connectivity index (χ0n) is 13.2. The predicted octanol–water partition coefficient (Wildman–Crippen LogP) is 2.19. The molecule has 1 aromatic carbocycles. The van der Waals surface area contributed by atoms with Crippen LogP contribution in [-0.2, 0) is 15.9 Å². The van der Waals surface area contributed by atoms with Gasteiger partial charge in [0.05, 0.1) is 11.2 Å². The van der Waals surface area contributed by atoms with Crippen molar-refractivity contribution in [3.05, 3.63) is 29.6 Å². The van der Waals surface area contributed by atoms with Gasteiger partial charge in [0.15, 0.2) is 0 Å². The lowest BCUT2D eigenvalue weighted by molar-refractivity contribution is 0.00578. The summed E-state index contributed by atoms with van der Waals surface area (Å²) >= 11 is 0. The van der Waals surface area contributed by atoms with Crippen LogP contribution in [0.15, 0.2) is 18.2 Å². The second-order valence-electron chi connectivity index (χ2n) is 6.63. The fraction of sp³-hybridized carbons (Fsp3) is 0.600. The monoisotopic (exact) mass is 279 g/mol. The molecule has 5 heteroatoms. The number of benzene rings is 1. The Labute approximate surface area is 121 Å². The van der Waals surface area contributed by atoms with E-state index in [4.69, 9.17) is 9.31 Å². The molecular formula is C15H23BFNO2. The molecule has 3 nitrogen and oxygen atoms in total. The summed E-state index contributed by atoms with van der Waals surface area (Å²) in [5, 5.41) is 0. The molecule has 0 N–H and O–H groups in total. The first-order valence-corrected chi connectivity index (χ1v) is 6.92. The van der Waals surface area contributed by atoms with Gasteiger partial charge in [0, 0.05) is 12.1 Å². The molecule has 0 amide bonds. The number of rotatable bonds is 3. The van der Waals surface area contributed by atoms with Crippen LogP contribution in [0.25, 0.3) is 0 Å². The molecular weight excluding hydrogens is 256 g/mol. The standard InChI is InChI=1S/C15H23BFNO2/c1-14(2)15(3,4)20-16(19-14)12-8-7-9-13(17)11(12)10-18(5)6/h7-9H,10H2,1-6H3.